The van der Waals surface area contributed by atoms with E-state index in [1.807, 2.05) is 0 Å². The number of carbonyl (C=O) groups excluding carboxylic acids is 1. The SMILES string of the molecule is CC=O.CCCCCCCCCCCCCO. The Kier molecular flexibility index (Phi) is 23.4. The van der Waals surface area contributed by atoms with Crippen molar-refractivity contribution in [3.8, 4) is 0 Å². The Labute approximate surface area is 108 Å². The number of hydrogen-bond acceptors (Lipinski definition) is 2. The van der Waals surface area contributed by atoms with E-state index >= 15 is 0 Å². The van der Waals surface area contributed by atoms with Gasteiger partial charge >= 0.3 is 0 Å². The van der Waals surface area contributed by atoms with Crippen LogP contribution in [0.2, 0.25) is 0 Å². The van der Waals surface area contributed by atoms with Crippen molar-refractivity contribution in [1.82, 2.24) is 0 Å². The maximum Gasteiger partial charge on any atom is 0.116 e. The van der Waals surface area contributed by atoms with Crippen LogP contribution in [0.1, 0.15) is 84.5 Å². The van der Waals surface area contributed by atoms with E-state index in [-0.39, 0.29) is 0 Å². The number of aliphatic hydroxyl groups excluding tert-OH is 1. The molecule has 0 aliphatic heterocycles. The Morgan fingerprint density at radius 1 is 0.765 bits per heavy atom. The van der Waals surface area contributed by atoms with Gasteiger partial charge in [-0.3, -0.25) is 0 Å². The number of carbonyl (C=O) groups is 1. The summed E-state index contributed by atoms with van der Waals surface area (Å²) < 4.78 is 0. The van der Waals surface area contributed by atoms with E-state index < -0.39 is 0 Å². The lowest BCUT2D eigenvalue weighted by molar-refractivity contribution is -0.106. The fourth-order valence-corrected chi connectivity index (χ4v) is 1.78. The normalized spacial score (nSPS) is 9.59. The Hall–Kier alpha value is -0.370. The second kappa shape index (κ2) is 21.0. The van der Waals surface area contributed by atoms with Crippen molar-refractivity contribution in [2.24, 2.45) is 0 Å². The Morgan fingerprint density at radius 3 is 1.35 bits per heavy atom. The smallest absolute Gasteiger partial charge is 0.116 e. The number of unbranched alkanes of at least 4 members (excludes halogenated alkanes) is 10. The molecule has 0 aliphatic carbocycles. The highest BCUT2D eigenvalue weighted by molar-refractivity contribution is 5.44. The third-order valence-corrected chi connectivity index (χ3v) is 2.76. The highest BCUT2D eigenvalue weighted by Crippen LogP contribution is 2.10. The van der Waals surface area contributed by atoms with Gasteiger partial charge in [0.2, 0.25) is 0 Å². The van der Waals surface area contributed by atoms with E-state index in [9.17, 15) is 0 Å². The summed E-state index contributed by atoms with van der Waals surface area (Å²) in [5.41, 5.74) is 0. The lowest BCUT2D eigenvalue weighted by atomic mass is 10.1. The van der Waals surface area contributed by atoms with Crippen LogP contribution in [0, 0.1) is 0 Å². The minimum Gasteiger partial charge on any atom is -0.396 e. The molecule has 0 spiro atoms. The third kappa shape index (κ3) is 25.7. The molecule has 0 aromatic rings. The predicted molar refractivity (Wildman–Crippen MR) is 75.3 cm³/mol. The summed E-state index contributed by atoms with van der Waals surface area (Å²) in [4.78, 5) is 8.81. The molecule has 0 radical (unpaired) electrons. The quantitative estimate of drug-likeness (QED) is 0.429. The van der Waals surface area contributed by atoms with Gasteiger partial charge in [-0.25, -0.2) is 0 Å². The van der Waals surface area contributed by atoms with E-state index in [0.29, 0.717) is 6.61 Å². The van der Waals surface area contributed by atoms with Gasteiger partial charge in [0.05, 0.1) is 0 Å². The third-order valence-electron chi connectivity index (χ3n) is 2.76. The van der Waals surface area contributed by atoms with Crippen LogP contribution in [-0.4, -0.2) is 18.0 Å². The first-order valence-electron chi connectivity index (χ1n) is 7.34. The molecule has 0 fully saturated rings. The molecule has 0 saturated heterocycles. The monoisotopic (exact) mass is 244 g/mol. The number of aldehydes is 1. The highest BCUT2D eigenvalue weighted by Gasteiger charge is 1.91. The fraction of sp³-hybridized carbons (Fsp3) is 0.933. The lowest BCUT2D eigenvalue weighted by Crippen LogP contribution is -1.84. The average Bonchev–Trinajstić information content (AvgIpc) is 2.33. The van der Waals surface area contributed by atoms with Crippen molar-refractivity contribution in [1.29, 1.82) is 0 Å². The topological polar surface area (TPSA) is 37.3 Å². The summed E-state index contributed by atoms with van der Waals surface area (Å²) in [7, 11) is 0. The van der Waals surface area contributed by atoms with Crippen molar-refractivity contribution in [3.05, 3.63) is 0 Å². The second-order valence-electron chi connectivity index (χ2n) is 4.49. The summed E-state index contributed by atoms with van der Waals surface area (Å²) >= 11 is 0. The molecule has 0 unspecified atom stereocenters. The van der Waals surface area contributed by atoms with Gasteiger partial charge < -0.3 is 9.90 Å². The van der Waals surface area contributed by atoms with Crippen LogP contribution in [0.3, 0.4) is 0 Å². The molecule has 0 atom stereocenters. The molecule has 0 saturated carbocycles. The number of aliphatic hydroxyl groups is 1. The lowest BCUT2D eigenvalue weighted by Gasteiger charge is -2.01. The van der Waals surface area contributed by atoms with Gasteiger partial charge in [-0.05, 0) is 13.3 Å². The first kappa shape index (κ1) is 19.0. The van der Waals surface area contributed by atoms with E-state index in [1.54, 1.807) is 0 Å². The summed E-state index contributed by atoms with van der Waals surface area (Å²) in [6.07, 6.45) is 15.5. The zero-order valence-corrected chi connectivity index (χ0v) is 11.9. The summed E-state index contributed by atoms with van der Waals surface area (Å²) in [6.45, 7) is 4.08. The van der Waals surface area contributed by atoms with Gasteiger partial charge in [0, 0.05) is 6.61 Å². The predicted octanol–water partition coefficient (Wildman–Crippen LogP) is 4.49. The molecular weight excluding hydrogens is 212 g/mol. The van der Waals surface area contributed by atoms with Gasteiger partial charge in [-0.2, -0.15) is 0 Å². The number of hydrogen-bond donors (Lipinski definition) is 1. The zero-order valence-electron chi connectivity index (χ0n) is 11.9. The summed E-state index contributed by atoms with van der Waals surface area (Å²) in [5.74, 6) is 0. The standard InChI is InChI=1S/C13H28O.C2H4O/c1-2-3-4-5-6-7-8-9-10-11-12-13-14;1-2-3/h14H,2-13H2,1H3;2H,1H3. The van der Waals surface area contributed by atoms with Crippen molar-refractivity contribution in [2.75, 3.05) is 6.61 Å². The molecule has 0 aliphatic rings. The zero-order chi connectivity index (χ0) is 13.2. The van der Waals surface area contributed by atoms with Crippen LogP contribution in [0.25, 0.3) is 0 Å². The molecule has 0 bridgehead atoms. The Morgan fingerprint density at radius 2 is 1.06 bits per heavy atom. The summed E-state index contributed by atoms with van der Waals surface area (Å²) in [6, 6.07) is 0. The maximum atomic E-state index is 8.81. The van der Waals surface area contributed by atoms with Crippen molar-refractivity contribution in [3.63, 3.8) is 0 Å². The first-order chi connectivity index (χ1) is 8.33. The van der Waals surface area contributed by atoms with Crippen LogP contribution >= 0.6 is 0 Å². The molecule has 2 nitrogen and oxygen atoms in total. The molecule has 0 aromatic heterocycles. The van der Waals surface area contributed by atoms with Crippen molar-refractivity contribution < 1.29 is 9.90 Å². The van der Waals surface area contributed by atoms with Crippen LogP contribution < -0.4 is 0 Å². The van der Waals surface area contributed by atoms with Gasteiger partial charge in [-0.15, -0.1) is 0 Å². The van der Waals surface area contributed by atoms with Crippen molar-refractivity contribution >= 4 is 6.29 Å². The largest absolute Gasteiger partial charge is 0.396 e. The van der Waals surface area contributed by atoms with Crippen LogP contribution in [-0.2, 0) is 4.79 Å². The maximum absolute atomic E-state index is 8.81. The Balaban J connectivity index is 0. The van der Waals surface area contributed by atoms with E-state index in [2.05, 4.69) is 6.92 Å². The minimum atomic E-state index is 0.372. The molecule has 2 heteroatoms. The molecule has 0 heterocycles. The summed E-state index contributed by atoms with van der Waals surface area (Å²) in [5, 5.41) is 8.59. The molecule has 1 N–H and O–H groups in total. The van der Waals surface area contributed by atoms with Crippen LogP contribution in [0.15, 0.2) is 0 Å². The molecule has 0 aromatic carbocycles. The molecule has 17 heavy (non-hydrogen) atoms. The van der Waals surface area contributed by atoms with E-state index in [4.69, 9.17) is 9.90 Å². The van der Waals surface area contributed by atoms with E-state index in [1.165, 1.54) is 71.1 Å². The molecule has 104 valence electrons. The Bertz CT molecular complexity index is 112. The fourth-order valence-electron chi connectivity index (χ4n) is 1.78. The molecule has 0 rings (SSSR count). The number of rotatable bonds is 11. The molecule has 0 amide bonds. The average molecular weight is 244 g/mol. The second-order valence-corrected chi connectivity index (χ2v) is 4.49. The van der Waals surface area contributed by atoms with Crippen molar-refractivity contribution in [2.45, 2.75) is 84.5 Å². The first-order valence-corrected chi connectivity index (χ1v) is 7.34. The highest BCUT2D eigenvalue weighted by atomic mass is 16.2. The van der Waals surface area contributed by atoms with E-state index in [0.717, 1.165) is 12.7 Å². The van der Waals surface area contributed by atoms with Gasteiger partial charge in [0.15, 0.2) is 0 Å². The van der Waals surface area contributed by atoms with Gasteiger partial charge in [0.1, 0.15) is 6.29 Å². The van der Waals surface area contributed by atoms with Crippen LogP contribution in [0.4, 0.5) is 0 Å². The van der Waals surface area contributed by atoms with Crippen LogP contribution in [0.5, 0.6) is 0 Å². The minimum absolute atomic E-state index is 0.372. The molecular formula is C15H32O2. The van der Waals surface area contributed by atoms with Gasteiger partial charge in [0.25, 0.3) is 0 Å². The van der Waals surface area contributed by atoms with Gasteiger partial charge in [-0.1, -0.05) is 71.1 Å².